The second-order valence-electron chi connectivity index (χ2n) is 7.93. The van der Waals surface area contributed by atoms with Crippen LogP contribution in [-0.2, 0) is 17.8 Å². The van der Waals surface area contributed by atoms with Crippen molar-refractivity contribution in [3.63, 3.8) is 0 Å². The second kappa shape index (κ2) is 11.1. The number of aromatic nitrogens is 1. The Bertz CT molecular complexity index is 1130. The molecule has 0 fully saturated rings. The summed E-state index contributed by atoms with van der Waals surface area (Å²) >= 11 is 5.69. The van der Waals surface area contributed by atoms with Gasteiger partial charge in [-0.15, -0.1) is 0 Å². The predicted octanol–water partition coefficient (Wildman–Crippen LogP) is 4.07. The van der Waals surface area contributed by atoms with Gasteiger partial charge in [-0.05, 0) is 84.9 Å². The van der Waals surface area contributed by atoms with Crippen LogP contribution in [0, 0.1) is 13.8 Å². The highest BCUT2D eigenvalue weighted by Gasteiger charge is 2.14. The summed E-state index contributed by atoms with van der Waals surface area (Å²) in [6, 6.07) is 14.0. The number of rotatable bonds is 9. The third kappa shape index (κ3) is 6.08. The summed E-state index contributed by atoms with van der Waals surface area (Å²) in [6.07, 6.45) is 0.849. The van der Waals surface area contributed by atoms with Crippen molar-refractivity contribution < 1.29 is 9.47 Å². The molecule has 0 radical (unpaired) electrons. The van der Waals surface area contributed by atoms with Crippen LogP contribution < -0.4 is 15.6 Å². The topological polar surface area (TPSA) is 66.6 Å². The fraction of sp³-hybridized carbons (Fsp3) is 0.360. The SMILES string of the molecule is COCCCNC(=S)N(Cc1ccc(OC)cc1)Cc1cc2cc(C)c(C)cc2[nH]c1=O. The maximum Gasteiger partial charge on any atom is 0.253 e. The van der Waals surface area contributed by atoms with E-state index in [0.717, 1.165) is 34.2 Å². The lowest BCUT2D eigenvalue weighted by Gasteiger charge is -2.26. The van der Waals surface area contributed by atoms with E-state index in [-0.39, 0.29) is 5.56 Å². The van der Waals surface area contributed by atoms with Gasteiger partial charge in [0.25, 0.3) is 5.56 Å². The molecule has 0 aliphatic heterocycles. The number of nitrogens with one attached hydrogen (secondary N) is 2. The number of fused-ring (bicyclic) bond motifs is 1. The lowest BCUT2D eigenvalue weighted by molar-refractivity contribution is 0.195. The first-order valence-corrected chi connectivity index (χ1v) is 11.1. The van der Waals surface area contributed by atoms with Crippen LogP contribution in [0.5, 0.6) is 5.75 Å². The van der Waals surface area contributed by atoms with E-state index in [4.69, 9.17) is 21.7 Å². The molecule has 170 valence electrons. The Morgan fingerprint density at radius 2 is 1.78 bits per heavy atom. The first-order chi connectivity index (χ1) is 15.4. The average molecular weight is 454 g/mol. The lowest BCUT2D eigenvalue weighted by Crippen LogP contribution is -2.40. The highest BCUT2D eigenvalue weighted by atomic mass is 32.1. The molecule has 3 rings (SSSR count). The summed E-state index contributed by atoms with van der Waals surface area (Å²) < 4.78 is 10.4. The van der Waals surface area contributed by atoms with Crippen LogP contribution in [0.25, 0.3) is 10.9 Å². The molecule has 7 heteroatoms. The van der Waals surface area contributed by atoms with Crippen LogP contribution in [0.15, 0.2) is 47.3 Å². The van der Waals surface area contributed by atoms with Crippen molar-refractivity contribution in [2.24, 2.45) is 0 Å². The molecule has 0 aliphatic rings. The fourth-order valence-corrected chi connectivity index (χ4v) is 3.75. The number of ether oxygens (including phenoxy) is 2. The van der Waals surface area contributed by atoms with Crippen molar-refractivity contribution >= 4 is 28.2 Å². The molecule has 0 spiro atoms. The average Bonchev–Trinajstić information content (AvgIpc) is 2.78. The molecule has 1 heterocycles. The predicted molar refractivity (Wildman–Crippen MR) is 133 cm³/mol. The third-order valence-corrected chi connectivity index (χ3v) is 5.92. The van der Waals surface area contributed by atoms with Crippen molar-refractivity contribution in [1.82, 2.24) is 15.2 Å². The van der Waals surface area contributed by atoms with Crippen molar-refractivity contribution in [2.75, 3.05) is 27.4 Å². The molecule has 32 heavy (non-hydrogen) atoms. The Kier molecular flexibility index (Phi) is 8.25. The number of H-pyrrole nitrogens is 1. The number of hydrogen-bond donors (Lipinski definition) is 2. The van der Waals surface area contributed by atoms with E-state index in [1.54, 1.807) is 14.2 Å². The number of nitrogens with zero attached hydrogens (tertiary/aromatic N) is 1. The van der Waals surface area contributed by atoms with Gasteiger partial charge in [0.05, 0.1) is 13.7 Å². The van der Waals surface area contributed by atoms with Gasteiger partial charge in [0.2, 0.25) is 0 Å². The third-order valence-electron chi connectivity index (χ3n) is 5.52. The van der Waals surface area contributed by atoms with Gasteiger partial charge in [-0.3, -0.25) is 4.79 Å². The van der Waals surface area contributed by atoms with Crippen molar-refractivity contribution in [3.05, 3.63) is 75.1 Å². The molecule has 2 N–H and O–H groups in total. The van der Waals surface area contributed by atoms with E-state index in [1.165, 1.54) is 5.56 Å². The zero-order valence-electron chi connectivity index (χ0n) is 19.2. The molecular formula is C25H31N3O3S. The minimum Gasteiger partial charge on any atom is -0.497 e. The molecule has 0 saturated heterocycles. The number of benzene rings is 2. The Morgan fingerprint density at radius 3 is 2.47 bits per heavy atom. The summed E-state index contributed by atoms with van der Waals surface area (Å²) in [5.41, 5.74) is 4.86. The minimum atomic E-state index is -0.0948. The van der Waals surface area contributed by atoms with Gasteiger partial charge < -0.3 is 24.7 Å². The van der Waals surface area contributed by atoms with E-state index in [2.05, 4.69) is 23.3 Å². The number of methoxy groups -OCH3 is 2. The van der Waals surface area contributed by atoms with Crippen molar-refractivity contribution in [1.29, 1.82) is 0 Å². The summed E-state index contributed by atoms with van der Waals surface area (Å²) in [5, 5.41) is 4.92. The van der Waals surface area contributed by atoms with Gasteiger partial charge in [0.15, 0.2) is 5.11 Å². The van der Waals surface area contributed by atoms with Crippen molar-refractivity contribution in [3.8, 4) is 5.75 Å². The van der Waals surface area contributed by atoms with Gasteiger partial charge >= 0.3 is 0 Å². The van der Waals surface area contributed by atoms with Gasteiger partial charge in [0, 0.05) is 37.9 Å². The van der Waals surface area contributed by atoms with Gasteiger partial charge in [-0.25, -0.2) is 0 Å². The molecule has 6 nitrogen and oxygen atoms in total. The Labute approximate surface area is 194 Å². The number of thiocarbonyl (C=S) groups is 1. The Morgan fingerprint density at radius 1 is 1.06 bits per heavy atom. The zero-order valence-corrected chi connectivity index (χ0v) is 20.0. The summed E-state index contributed by atoms with van der Waals surface area (Å²) in [6.45, 7) is 6.47. The van der Waals surface area contributed by atoms with E-state index in [9.17, 15) is 4.79 Å². The van der Waals surface area contributed by atoms with Gasteiger partial charge in [-0.2, -0.15) is 0 Å². The van der Waals surface area contributed by atoms with Crippen LogP contribution in [0.4, 0.5) is 0 Å². The van der Waals surface area contributed by atoms with E-state index in [0.29, 0.717) is 36.9 Å². The molecule has 0 aliphatic carbocycles. The Hall–Kier alpha value is -2.90. The van der Waals surface area contributed by atoms with Crippen LogP contribution in [0.2, 0.25) is 0 Å². The summed E-state index contributed by atoms with van der Waals surface area (Å²) in [5.74, 6) is 0.803. The molecule has 0 amide bonds. The summed E-state index contributed by atoms with van der Waals surface area (Å²) in [7, 11) is 3.33. The van der Waals surface area contributed by atoms with E-state index < -0.39 is 0 Å². The molecule has 3 aromatic rings. The first-order valence-electron chi connectivity index (χ1n) is 10.7. The quantitative estimate of drug-likeness (QED) is 0.376. The molecule has 2 aromatic carbocycles. The van der Waals surface area contributed by atoms with E-state index in [1.807, 2.05) is 48.2 Å². The zero-order chi connectivity index (χ0) is 23.1. The number of pyridine rings is 1. The molecule has 1 aromatic heterocycles. The van der Waals surface area contributed by atoms with Crippen molar-refractivity contribution in [2.45, 2.75) is 33.4 Å². The molecule has 0 bridgehead atoms. The van der Waals surface area contributed by atoms with E-state index >= 15 is 0 Å². The standard InChI is InChI=1S/C25H31N3O3S/c1-17-12-20-14-21(24(29)27-23(20)13-18(17)2)16-28(25(32)26-10-5-11-30-3)15-19-6-8-22(31-4)9-7-19/h6-9,12-14H,5,10-11,15-16H2,1-4H3,(H,26,32)(H,27,29). The number of aryl methyl sites for hydroxylation is 2. The molecule has 0 unspecified atom stereocenters. The minimum absolute atomic E-state index is 0.0948. The molecule has 0 atom stereocenters. The summed E-state index contributed by atoms with van der Waals surface area (Å²) in [4.78, 5) is 17.9. The molecule has 0 saturated carbocycles. The highest BCUT2D eigenvalue weighted by molar-refractivity contribution is 7.80. The first kappa shape index (κ1) is 23.8. The van der Waals surface area contributed by atoms with Crippen LogP contribution in [-0.4, -0.2) is 42.4 Å². The smallest absolute Gasteiger partial charge is 0.253 e. The van der Waals surface area contributed by atoms with Gasteiger partial charge in [-0.1, -0.05) is 12.1 Å². The Balaban J connectivity index is 1.86. The lowest BCUT2D eigenvalue weighted by atomic mass is 10.0. The van der Waals surface area contributed by atoms with Crippen LogP contribution >= 0.6 is 12.2 Å². The second-order valence-corrected chi connectivity index (χ2v) is 8.32. The maximum atomic E-state index is 12.8. The van der Waals surface area contributed by atoms with Gasteiger partial charge in [0.1, 0.15) is 5.75 Å². The fourth-order valence-electron chi connectivity index (χ4n) is 3.52. The largest absolute Gasteiger partial charge is 0.497 e. The van der Waals surface area contributed by atoms with Crippen LogP contribution in [0.1, 0.15) is 28.7 Å². The van der Waals surface area contributed by atoms with Crippen LogP contribution in [0.3, 0.4) is 0 Å². The molecular weight excluding hydrogens is 422 g/mol. The number of hydrogen-bond acceptors (Lipinski definition) is 4. The highest BCUT2D eigenvalue weighted by Crippen LogP contribution is 2.19. The number of aromatic amines is 1. The normalized spacial score (nSPS) is 10.9. The maximum absolute atomic E-state index is 12.8. The monoisotopic (exact) mass is 453 g/mol.